The number of rotatable bonds is 5. The summed E-state index contributed by atoms with van der Waals surface area (Å²) in [5.41, 5.74) is 0.901. The Bertz CT molecular complexity index is 851. The molecule has 0 spiro atoms. The minimum Gasteiger partial charge on any atom is -0.309 e. The fraction of sp³-hybridized carbons (Fsp3) is 0.188. The second kappa shape index (κ2) is 6.61. The van der Waals surface area contributed by atoms with Crippen molar-refractivity contribution in [3.63, 3.8) is 0 Å². The normalized spacial score (nSPS) is 10.8. The van der Waals surface area contributed by atoms with Crippen LogP contribution in [0, 0.1) is 11.6 Å². The Morgan fingerprint density at radius 3 is 2.75 bits per heavy atom. The van der Waals surface area contributed by atoms with Crippen molar-refractivity contribution in [2.75, 3.05) is 5.32 Å². The molecule has 2 N–H and O–H groups in total. The summed E-state index contributed by atoms with van der Waals surface area (Å²) < 4.78 is 29.1. The van der Waals surface area contributed by atoms with E-state index >= 15 is 0 Å². The predicted octanol–water partition coefficient (Wildman–Crippen LogP) is 2.66. The number of H-pyrrole nitrogens is 1. The zero-order chi connectivity index (χ0) is 17.1. The van der Waals surface area contributed by atoms with Crippen LogP contribution in [0.1, 0.15) is 12.0 Å². The van der Waals surface area contributed by atoms with Gasteiger partial charge >= 0.3 is 0 Å². The molecule has 8 heteroatoms. The van der Waals surface area contributed by atoms with E-state index in [1.807, 2.05) is 6.20 Å². The van der Waals surface area contributed by atoms with Crippen molar-refractivity contribution in [3.8, 4) is 11.3 Å². The minimum atomic E-state index is -0.701. The maximum absolute atomic E-state index is 13.7. The Morgan fingerprint density at radius 2 is 2.08 bits per heavy atom. The molecule has 0 bridgehead atoms. The molecule has 2 heterocycles. The number of aryl methyl sites for hydroxylation is 2. The second-order valence-electron chi connectivity index (χ2n) is 5.33. The molecule has 3 aromatic rings. The number of benzene rings is 1. The highest BCUT2D eigenvalue weighted by molar-refractivity contribution is 5.90. The van der Waals surface area contributed by atoms with Crippen molar-refractivity contribution in [3.05, 3.63) is 53.9 Å². The molecule has 0 atom stereocenters. The van der Waals surface area contributed by atoms with Gasteiger partial charge in [0.05, 0.1) is 17.5 Å². The van der Waals surface area contributed by atoms with Crippen LogP contribution in [0.25, 0.3) is 11.3 Å². The average Bonchev–Trinajstić information content (AvgIpc) is 3.14. The number of hydrogen-bond acceptors (Lipinski definition) is 3. The van der Waals surface area contributed by atoms with Gasteiger partial charge < -0.3 is 5.32 Å². The van der Waals surface area contributed by atoms with Gasteiger partial charge in [-0.25, -0.2) is 8.78 Å². The minimum absolute atomic E-state index is 0.160. The van der Waals surface area contributed by atoms with Gasteiger partial charge in [-0.15, -0.1) is 0 Å². The highest BCUT2D eigenvalue weighted by Crippen LogP contribution is 2.25. The van der Waals surface area contributed by atoms with Crippen molar-refractivity contribution < 1.29 is 13.6 Å². The monoisotopic (exact) mass is 331 g/mol. The molecular weight excluding hydrogens is 316 g/mol. The standard InChI is InChI=1S/C16H15F2N5O/c1-23-9-10(8-19-23)5-6-15(24)20-14-7-13(21-22-14)16-11(17)3-2-4-12(16)18/h2-4,7-9H,5-6H2,1H3,(H2,20,21,22,24). The van der Waals surface area contributed by atoms with Gasteiger partial charge in [-0.05, 0) is 24.1 Å². The van der Waals surface area contributed by atoms with Gasteiger partial charge in [0, 0.05) is 25.7 Å². The number of carbonyl (C=O) groups is 1. The Kier molecular flexibility index (Phi) is 4.37. The van der Waals surface area contributed by atoms with Gasteiger partial charge in [-0.2, -0.15) is 10.2 Å². The SMILES string of the molecule is Cn1cc(CCC(=O)Nc2cc(-c3c(F)cccc3F)[nH]n2)cn1. The van der Waals surface area contributed by atoms with Gasteiger partial charge in [0.15, 0.2) is 5.82 Å². The largest absolute Gasteiger partial charge is 0.309 e. The fourth-order valence-electron chi connectivity index (χ4n) is 2.33. The Balaban J connectivity index is 1.64. The van der Waals surface area contributed by atoms with E-state index in [9.17, 15) is 13.6 Å². The number of nitrogens with one attached hydrogen (secondary N) is 2. The summed E-state index contributed by atoms with van der Waals surface area (Å²) in [5.74, 6) is -1.43. The summed E-state index contributed by atoms with van der Waals surface area (Å²) in [6.45, 7) is 0. The molecule has 0 radical (unpaired) electrons. The molecule has 0 aliphatic heterocycles. The van der Waals surface area contributed by atoms with E-state index in [-0.39, 0.29) is 29.4 Å². The molecule has 1 amide bonds. The smallest absolute Gasteiger partial charge is 0.225 e. The van der Waals surface area contributed by atoms with Crippen LogP contribution in [-0.4, -0.2) is 25.9 Å². The molecule has 3 rings (SSSR count). The zero-order valence-corrected chi connectivity index (χ0v) is 12.9. The number of aromatic amines is 1. The number of halogens is 2. The molecule has 0 saturated carbocycles. The predicted molar refractivity (Wildman–Crippen MR) is 84.1 cm³/mol. The van der Waals surface area contributed by atoms with Crippen LogP contribution >= 0.6 is 0 Å². The third-order valence-corrected chi connectivity index (χ3v) is 3.48. The lowest BCUT2D eigenvalue weighted by Crippen LogP contribution is -2.12. The molecule has 6 nitrogen and oxygen atoms in total. The molecule has 0 aliphatic rings. The van der Waals surface area contributed by atoms with Crippen LogP contribution in [-0.2, 0) is 18.3 Å². The van der Waals surface area contributed by atoms with E-state index in [4.69, 9.17) is 0 Å². The number of amides is 1. The molecule has 0 unspecified atom stereocenters. The first-order valence-corrected chi connectivity index (χ1v) is 7.30. The number of anilines is 1. The number of hydrogen-bond donors (Lipinski definition) is 2. The summed E-state index contributed by atoms with van der Waals surface area (Å²) in [6.07, 6.45) is 4.32. The van der Waals surface area contributed by atoms with E-state index in [0.29, 0.717) is 6.42 Å². The van der Waals surface area contributed by atoms with Crippen LogP contribution in [0.5, 0.6) is 0 Å². The van der Waals surface area contributed by atoms with Crippen LogP contribution < -0.4 is 5.32 Å². The number of carbonyl (C=O) groups excluding carboxylic acids is 1. The van der Waals surface area contributed by atoms with Gasteiger partial charge in [0.1, 0.15) is 11.6 Å². The summed E-state index contributed by atoms with van der Waals surface area (Å²) in [6, 6.07) is 4.99. The quantitative estimate of drug-likeness (QED) is 0.755. The lowest BCUT2D eigenvalue weighted by Gasteiger charge is -2.01. The van der Waals surface area contributed by atoms with Crippen molar-refractivity contribution in [1.29, 1.82) is 0 Å². The van der Waals surface area contributed by atoms with Crippen LogP contribution in [0.3, 0.4) is 0 Å². The molecule has 2 aromatic heterocycles. The third kappa shape index (κ3) is 3.48. The molecule has 0 fully saturated rings. The summed E-state index contributed by atoms with van der Waals surface area (Å²) >= 11 is 0. The molecule has 124 valence electrons. The van der Waals surface area contributed by atoms with Crippen LogP contribution in [0.15, 0.2) is 36.7 Å². The maximum Gasteiger partial charge on any atom is 0.225 e. The fourth-order valence-corrected chi connectivity index (χ4v) is 2.33. The molecule has 0 aliphatic carbocycles. The summed E-state index contributed by atoms with van der Waals surface area (Å²) in [5, 5.41) is 13.0. The van der Waals surface area contributed by atoms with Gasteiger partial charge in [-0.1, -0.05) is 6.07 Å². The lowest BCUT2D eigenvalue weighted by molar-refractivity contribution is -0.116. The van der Waals surface area contributed by atoms with Crippen LogP contribution in [0.4, 0.5) is 14.6 Å². The van der Waals surface area contributed by atoms with Gasteiger partial charge in [-0.3, -0.25) is 14.6 Å². The number of nitrogens with zero attached hydrogens (tertiary/aromatic N) is 3. The first kappa shape index (κ1) is 15.9. The topological polar surface area (TPSA) is 75.6 Å². The van der Waals surface area contributed by atoms with E-state index < -0.39 is 11.6 Å². The highest BCUT2D eigenvalue weighted by atomic mass is 19.1. The Hall–Kier alpha value is -3.03. The Labute approximate surface area is 136 Å². The van der Waals surface area contributed by atoms with Crippen molar-refractivity contribution in [2.24, 2.45) is 7.05 Å². The third-order valence-electron chi connectivity index (χ3n) is 3.48. The van der Waals surface area contributed by atoms with E-state index in [0.717, 1.165) is 17.7 Å². The highest BCUT2D eigenvalue weighted by Gasteiger charge is 2.14. The van der Waals surface area contributed by atoms with E-state index in [1.54, 1.807) is 17.9 Å². The van der Waals surface area contributed by atoms with E-state index in [2.05, 4.69) is 20.6 Å². The molecule has 24 heavy (non-hydrogen) atoms. The lowest BCUT2D eigenvalue weighted by atomic mass is 10.1. The number of aromatic nitrogens is 4. The van der Waals surface area contributed by atoms with Crippen molar-refractivity contribution >= 4 is 11.7 Å². The van der Waals surface area contributed by atoms with Crippen molar-refractivity contribution in [1.82, 2.24) is 20.0 Å². The first-order chi connectivity index (χ1) is 11.5. The maximum atomic E-state index is 13.7. The second-order valence-corrected chi connectivity index (χ2v) is 5.33. The Morgan fingerprint density at radius 1 is 1.33 bits per heavy atom. The summed E-state index contributed by atoms with van der Waals surface area (Å²) in [7, 11) is 1.80. The van der Waals surface area contributed by atoms with E-state index in [1.165, 1.54) is 12.1 Å². The van der Waals surface area contributed by atoms with Gasteiger partial charge in [0.2, 0.25) is 5.91 Å². The zero-order valence-electron chi connectivity index (χ0n) is 12.9. The van der Waals surface area contributed by atoms with Gasteiger partial charge in [0.25, 0.3) is 0 Å². The first-order valence-electron chi connectivity index (χ1n) is 7.30. The van der Waals surface area contributed by atoms with Crippen molar-refractivity contribution in [2.45, 2.75) is 12.8 Å². The molecule has 0 saturated heterocycles. The molecule has 1 aromatic carbocycles. The molecular formula is C16H15F2N5O. The van der Waals surface area contributed by atoms with Crippen LogP contribution in [0.2, 0.25) is 0 Å². The average molecular weight is 331 g/mol. The summed E-state index contributed by atoms with van der Waals surface area (Å²) in [4.78, 5) is 11.9.